The van der Waals surface area contributed by atoms with E-state index in [0.717, 1.165) is 44.5 Å². The van der Waals surface area contributed by atoms with Crippen molar-refractivity contribution in [3.05, 3.63) is 29.3 Å². The Kier molecular flexibility index (Phi) is 4.44. The number of likely N-dealkylation sites (tertiary alicyclic amines) is 1. The zero-order chi connectivity index (χ0) is 14.7. The Morgan fingerprint density at radius 3 is 2.76 bits per heavy atom. The SMILES string of the molecule is N[C@H]1CCc2cc(OCC(=O)N3CCCCCC3)ccc21. The van der Waals surface area contributed by atoms with Crippen molar-refractivity contribution in [1.29, 1.82) is 0 Å². The standard InChI is InChI=1S/C17H24N2O2/c18-16-8-5-13-11-14(6-7-15(13)16)21-12-17(20)19-9-3-1-2-4-10-19/h6-7,11,16H,1-5,8-10,12,18H2/t16-/m0/s1. The summed E-state index contributed by atoms with van der Waals surface area (Å²) in [6.07, 6.45) is 6.70. The fourth-order valence-electron chi connectivity index (χ4n) is 3.27. The fraction of sp³-hybridized carbons (Fsp3) is 0.588. The molecule has 1 saturated heterocycles. The minimum absolute atomic E-state index is 0.106. The van der Waals surface area contributed by atoms with Crippen molar-refractivity contribution in [2.45, 2.75) is 44.6 Å². The molecular weight excluding hydrogens is 264 g/mol. The van der Waals surface area contributed by atoms with Gasteiger partial charge in [0, 0.05) is 19.1 Å². The molecule has 1 aromatic rings. The summed E-state index contributed by atoms with van der Waals surface area (Å²) in [7, 11) is 0. The number of benzene rings is 1. The van der Waals surface area contributed by atoms with Gasteiger partial charge in [0.05, 0.1) is 0 Å². The Morgan fingerprint density at radius 1 is 1.24 bits per heavy atom. The van der Waals surface area contributed by atoms with Gasteiger partial charge in [-0.15, -0.1) is 0 Å². The summed E-state index contributed by atoms with van der Waals surface area (Å²) in [4.78, 5) is 14.1. The lowest BCUT2D eigenvalue weighted by Gasteiger charge is -2.20. The molecule has 1 heterocycles. The lowest BCUT2D eigenvalue weighted by atomic mass is 10.1. The van der Waals surface area contributed by atoms with Crippen LogP contribution in [0.15, 0.2) is 18.2 Å². The molecule has 1 aliphatic heterocycles. The number of rotatable bonds is 3. The first-order valence-electron chi connectivity index (χ1n) is 8.03. The molecular formula is C17H24N2O2. The van der Waals surface area contributed by atoms with Crippen molar-refractivity contribution in [2.24, 2.45) is 5.73 Å². The van der Waals surface area contributed by atoms with E-state index in [0.29, 0.717) is 0 Å². The van der Waals surface area contributed by atoms with E-state index in [9.17, 15) is 4.79 Å². The highest BCUT2D eigenvalue weighted by Crippen LogP contribution is 2.31. The first-order chi connectivity index (χ1) is 10.2. The summed E-state index contributed by atoms with van der Waals surface area (Å²) in [5, 5.41) is 0. The number of carbonyl (C=O) groups excluding carboxylic acids is 1. The van der Waals surface area contributed by atoms with Crippen molar-refractivity contribution in [2.75, 3.05) is 19.7 Å². The van der Waals surface area contributed by atoms with Crippen molar-refractivity contribution in [3.63, 3.8) is 0 Å². The van der Waals surface area contributed by atoms with Crippen molar-refractivity contribution in [1.82, 2.24) is 4.90 Å². The lowest BCUT2D eigenvalue weighted by Crippen LogP contribution is -2.35. The smallest absolute Gasteiger partial charge is 0.260 e. The van der Waals surface area contributed by atoms with Gasteiger partial charge >= 0.3 is 0 Å². The minimum atomic E-state index is 0.106. The Labute approximate surface area is 126 Å². The number of fused-ring (bicyclic) bond motifs is 1. The second-order valence-electron chi connectivity index (χ2n) is 6.09. The Hall–Kier alpha value is -1.55. The number of amides is 1. The molecule has 0 bridgehead atoms. The van der Waals surface area contributed by atoms with E-state index in [-0.39, 0.29) is 18.6 Å². The summed E-state index contributed by atoms with van der Waals surface area (Å²) in [6.45, 7) is 1.90. The summed E-state index contributed by atoms with van der Waals surface area (Å²) in [5.74, 6) is 0.889. The second-order valence-corrected chi connectivity index (χ2v) is 6.09. The van der Waals surface area contributed by atoms with Gasteiger partial charge in [0.25, 0.3) is 5.91 Å². The van der Waals surface area contributed by atoms with Crippen LogP contribution in [0.4, 0.5) is 0 Å². The van der Waals surface area contributed by atoms with Crippen LogP contribution in [0, 0.1) is 0 Å². The van der Waals surface area contributed by atoms with Crippen LogP contribution in [-0.2, 0) is 11.2 Å². The van der Waals surface area contributed by atoms with E-state index in [1.807, 2.05) is 23.1 Å². The monoisotopic (exact) mass is 288 g/mol. The average Bonchev–Trinajstić information content (AvgIpc) is 2.71. The molecule has 0 spiro atoms. The van der Waals surface area contributed by atoms with E-state index >= 15 is 0 Å². The fourth-order valence-corrected chi connectivity index (χ4v) is 3.27. The Bertz CT molecular complexity index is 508. The molecule has 0 unspecified atom stereocenters. The Balaban J connectivity index is 1.56. The Morgan fingerprint density at radius 2 is 2.00 bits per heavy atom. The number of hydrogen-bond donors (Lipinski definition) is 1. The van der Waals surface area contributed by atoms with Crippen LogP contribution in [0.25, 0.3) is 0 Å². The maximum Gasteiger partial charge on any atom is 0.260 e. The second kappa shape index (κ2) is 6.48. The summed E-state index contributed by atoms with van der Waals surface area (Å²) < 4.78 is 5.69. The topological polar surface area (TPSA) is 55.6 Å². The van der Waals surface area contributed by atoms with Gasteiger partial charge in [-0.2, -0.15) is 0 Å². The van der Waals surface area contributed by atoms with E-state index in [1.54, 1.807) is 0 Å². The maximum absolute atomic E-state index is 12.2. The largest absolute Gasteiger partial charge is 0.484 e. The molecule has 4 heteroatoms. The number of carbonyl (C=O) groups is 1. The van der Waals surface area contributed by atoms with Gasteiger partial charge in [0.1, 0.15) is 5.75 Å². The zero-order valence-corrected chi connectivity index (χ0v) is 12.5. The van der Waals surface area contributed by atoms with Gasteiger partial charge < -0.3 is 15.4 Å². The van der Waals surface area contributed by atoms with E-state index in [4.69, 9.17) is 10.5 Å². The highest BCUT2D eigenvalue weighted by Gasteiger charge is 2.20. The van der Waals surface area contributed by atoms with Crippen LogP contribution >= 0.6 is 0 Å². The summed E-state index contributed by atoms with van der Waals surface area (Å²) in [6, 6.07) is 6.17. The molecule has 1 aromatic carbocycles. The van der Waals surface area contributed by atoms with Gasteiger partial charge in [-0.05, 0) is 48.9 Å². The highest BCUT2D eigenvalue weighted by atomic mass is 16.5. The number of nitrogens with zero attached hydrogens (tertiary/aromatic N) is 1. The van der Waals surface area contributed by atoms with Crippen molar-refractivity contribution in [3.8, 4) is 5.75 Å². The average molecular weight is 288 g/mol. The number of hydrogen-bond acceptors (Lipinski definition) is 3. The van der Waals surface area contributed by atoms with Crippen LogP contribution < -0.4 is 10.5 Å². The molecule has 1 atom stereocenters. The molecule has 1 amide bonds. The summed E-state index contributed by atoms with van der Waals surface area (Å²) in [5.41, 5.74) is 8.52. The van der Waals surface area contributed by atoms with Crippen molar-refractivity contribution < 1.29 is 9.53 Å². The molecule has 0 aromatic heterocycles. The van der Waals surface area contributed by atoms with E-state index in [1.165, 1.54) is 24.0 Å². The molecule has 4 nitrogen and oxygen atoms in total. The molecule has 21 heavy (non-hydrogen) atoms. The molecule has 0 radical (unpaired) electrons. The normalized spacial score (nSPS) is 21.8. The van der Waals surface area contributed by atoms with Crippen LogP contribution in [0.2, 0.25) is 0 Å². The first-order valence-corrected chi connectivity index (χ1v) is 8.03. The maximum atomic E-state index is 12.2. The van der Waals surface area contributed by atoms with E-state index < -0.39 is 0 Å². The third-order valence-corrected chi connectivity index (χ3v) is 4.56. The van der Waals surface area contributed by atoms with Gasteiger partial charge in [0.15, 0.2) is 6.61 Å². The van der Waals surface area contributed by atoms with Crippen LogP contribution in [0.3, 0.4) is 0 Å². The number of ether oxygens (including phenoxy) is 1. The molecule has 1 aliphatic carbocycles. The minimum Gasteiger partial charge on any atom is -0.484 e. The molecule has 3 rings (SSSR count). The third kappa shape index (κ3) is 3.38. The molecule has 2 aliphatic rings. The first kappa shape index (κ1) is 14.4. The van der Waals surface area contributed by atoms with Gasteiger partial charge in [-0.1, -0.05) is 18.9 Å². The van der Waals surface area contributed by atoms with Crippen LogP contribution in [0.1, 0.15) is 49.3 Å². The van der Waals surface area contributed by atoms with Crippen molar-refractivity contribution >= 4 is 5.91 Å². The molecule has 2 N–H and O–H groups in total. The van der Waals surface area contributed by atoms with E-state index in [2.05, 4.69) is 0 Å². The predicted molar refractivity (Wildman–Crippen MR) is 82.2 cm³/mol. The molecule has 1 fully saturated rings. The third-order valence-electron chi connectivity index (χ3n) is 4.56. The molecule has 114 valence electrons. The predicted octanol–water partition coefficient (Wildman–Crippen LogP) is 2.41. The molecule has 0 saturated carbocycles. The van der Waals surface area contributed by atoms with Gasteiger partial charge in [0.2, 0.25) is 0 Å². The zero-order valence-electron chi connectivity index (χ0n) is 12.5. The van der Waals surface area contributed by atoms with Crippen LogP contribution in [-0.4, -0.2) is 30.5 Å². The number of aryl methyl sites for hydroxylation is 1. The lowest BCUT2D eigenvalue weighted by molar-refractivity contribution is -0.133. The quantitative estimate of drug-likeness (QED) is 0.929. The van der Waals surface area contributed by atoms with Gasteiger partial charge in [-0.3, -0.25) is 4.79 Å². The summed E-state index contributed by atoms with van der Waals surface area (Å²) >= 11 is 0. The van der Waals surface area contributed by atoms with Crippen LogP contribution in [0.5, 0.6) is 5.75 Å². The highest BCUT2D eigenvalue weighted by molar-refractivity contribution is 5.77. The number of nitrogens with two attached hydrogens (primary N) is 1. The van der Waals surface area contributed by atoms with Gasteiger partial charge in [-0.25, -0.2) is 0 Å².